The van der Waals surface area contributed by atoms with Gasteiger partial charge in [-0.05, 0) is 55.0 Å². The maximum Gasteiger partial charge on any atom is 0.300 e. The van der Waals surface area contributed by atoms with E-state index in [9.17, 15) is 18.4 Å². The second-order valence-corrected chi connectivity index (χ2v) is 7.81. The van der Waals surface area contributed by atoms with Crippen LogP contribution in [0.5, 0.6) is 0 Å². The van der Waals surface area contributed by atoms with Crippen LogP contribution in [0.15, 0.2) is 70.9 Å². The van der Waals surface area contributed by atoms with E-state index in [0.717, 1.165) is 0 Å². The molecule has 7 nitrogen and oxygen atoms in total. The Balaban J connectivity index is 1.58. The van der Waals surface area contributed by atoms with Gasteiger partial charge in [-0.1, -0.05) is 18.7 Å². The predicted molar refractivity (Wildman–Crippen MR) is 114 cm³/mol. The van der Waals surface area contributed by atoms with Crippen LogP contribution in [0.25, 0.3) is 11.3 Å². The van der Waals surface area contributed by atoms with Gasteiger partial charge in [-0.25, -0.2) is 8.78 Å². The highest BCUT2D eigenvalue weighted by atomic mass is 32.2. The zero-order chi connectivity index (χ0) is 22.0. The van der Waals surface area contributed by atoms with Crippen LogP contribution in [0.1, 0.15) is 13.3 Å². The van der Waals surface area contributed by atoms with E-state index in [1.807, 2.05) is 6.92 Å². The molecule has 158 valence electrons. The Labute approximate surface area is 179 Å². The molecule has 1 unspecified atom stereocenters. The lowest BCUT2D eigenvalue weighted by Gasteiger charge is -2.14. The number of carbonyl (C=O) groups excluding carboxylic acids is 1. The van der Waals surface area contributed by atoms with Gasteiger partial charge in [0.05, 0.1) is 5.25 Å². The van der Waals surface area contributed by atoms with Crippen LogP contribution >= 0.6 is 11.8 Å². The Bertz CT molecular complexity index is 1290. The van der Waals surface area contributed by atoms with Crippen molar-refractivity contribution >= 4 is 29.0 Å². The number of nitrogens with one attached hydrogen (secondary N) is 1. The second kappa shape index (κ2) is 8.68. The molecular formula is C21H17F2N5O2S. The molecule has 10 heteroatoms. The number of anilines is 1. The summed E-state index contributed by atoms with van der Waals surface area (Å²) in [5.74, 6) is -1.06. The fraction of sp³-hybridized carbons (Fsp3) is 0.143. The molecule has 0 aliphatic heterocycles. The number of carbonyl (C=O) groups is 1. The molecule has 0 spiro atoms. The van der Waals surface area contributed by atoms with Crippen LogP contribution in [0.2, 0.25) is 0 Å². The number of benzene rings is 2. The summed E-state index contributed by atoms with van der Waals surface area (Å²) in [6.07, 6.45) is 3.65. The number of nitrogens with zero attached hydrogens (tertiary/aromatic N) is 4. The van der Waals surface area contributed by atoms with Crippen molar-refractivity contribution in [3.8, 4) is 5.69 Å². The van der Waals surface area contributed by atoms with Crippen molar-refractivity contribution in [2.45, 2.75) is 23.8 Å². The van der Waals surface area contributed by atoms with Gasteiger partial charge in [-0.2, -0.15) is 0 Å². The van der Waals surface area contributed by atoms with Gasteiger partial charge < -0.3 is 5.32 Å². The number of hydrogen-bond acceptors (Lipinski definition) is 5. The molecule has 1 amide bonds. The maximum atomic E-state index is 13.2. The zero-order valence-corrected chi connectivity index (χ0v) is 17.1. The Morgan fingerprint density at radius 2 is 1.68 bits per heavy atom. The molecule has 4 rings (SSSR count). The van der Waals surface area contributed by atoms with Crippen LogP contribution in [-0.2, 0) is 4.79 Å². The van der Waals surface area contributed by atoms with E-state index in [-0.39, 0.29) is 17.4 Å². The quantitative estimate of drug-likeness (QED) is 0.462. The molecule has 2 heterocycles. The van der Waals surface area contributed by atoms with Gasteiger partial charge in [-0.15, -0.1) is 10.2 Å². The number of rotatable bonds is 6. The van der Waals surface area contributed by atoms with E-state index in [1.54, 1.807) is 6.20 Å². The lowest BCUT2D eigenvalue weighted by molar-refractivity contribution is -0.115. The summed E-state index contributed by atoms with van der Waals surface area (Å²) in [4.78, 5) is 25.5. The number of fused-ring (bicyclic) bond motifs is 1. The van der Waals surface area contributed by atoms with E-state index in [4.69, 9.17) is 0 Å². The van der Waals surface area contributed by atoms with Crippen molar-refractivity contribution in [2.24, 2.45) is 0 Å². The minimum Gasteiger partial charge on any atom is -0.325 e. The summed E-state index contributed by atoms with van der Waals surface area (Å²) in [5.41, 5.74) is 0.648. The van der Waals surface area contributed by atoms with Crippen molar-refractivity contribution in [3.63, 3.8) is 0 Å². The molecule has 1 N–H and O–H groups in total. The fourth-order valence-electron chi connectivity index (χ4n) is 2.96. The predicted octanol–water partition coefficient (Wildman–Crippen LogP) is 3.67. The summed E-state index contributed by atoms with van der Waals surface area (Å²) >= 11 is 1.17. The number of thioether (sulfide) groups is 1. The Kier molecular flexibility index (Phi) is 5.81. The minimum atomic E-state index is -0.503. The summed E-state index contributed by atoms with van der Waals surface area (Å²) in [6, 6.07) is 11.0. The number of aromatic nitrogens is 4. The third-order valence-electron chi connectivity index (χ3n) is 4.57. The van der Waals surface area contributed by atoms with Gasteiger partial charge in [-0.3, -0.25) is 18.6 Å². The first-order chi connectivity index (χ1) is 15.0. The molecule has 0 saturated carbocycles. The average molecular weight is 441 g/mol. The molecular weight excluding hydrogens is 424 g/mol. The number of amides is 1. The molecule has 2 aromatic carbocycles. The number of halogens is 2. The Hall–Kier alpha value is -3.53. The highest BCUT2D eigenvalue weighted by Gasteiger charge is 2.22. The van der Waals surface area contributed by atoms with Gasteiger partial charge in [0.2, 0.25) is 11.6 Å². The first-order valence-corrected chi connectivity index (χ1v) is 10.3. The van der Waals surface area contributed by atoms with Crippen LogP contribution in [-0.4, -0.2) is 30.3 Å². The van der Waals surface area contributed by atoms with E-state index in [0.29, 0.717) is 23.0 Å². The normalized spacial score (nSPS) is 12.1. The van der Waals surface area contributed by atoms with E-state index in [2.05, 4.69) is 15.5 Å². The third kappa shape index (κ3) is 4.33. The van der Waals surface area contributed by atoms with Gasteiger partial charge in [0.15, 0.2) is 5.16 Å². The van der Waals surface area contributed by atoms with Crippen molar-refractivity contribution in [2.75, 3.05) is 5.32 Å². The lowest BCUT2D eigenvalue weighted by Crippen LogP contribution is -2.25. The molecule has 2 aromatic heterocycles. The number of hydrogen-bond donors (Lipinski definition) is 1. The second-order valence-electron chi connectivity index (χ2n) is 6.64. The van der Waals surface area contributed by atoms with E-state index < -0.39 is 16.6 Å². The van der Waals surface area contributed by atoms with Gasteiger partial charge in [0.25, 0.3) is 0 Å². The summed E-state index contributed by atoms with van der Waals surface area (Å²) < 4.78 is 29.1. The highest BCUT2D eigenvalue weighted by Crippen LogP contribution is 2.25. The minimum absolute atomic E-state index is 0.0862. The molecule has 0 saturated heterocycles. The van der Waals surface area contributed by atoms with E-state index >= 15 is 0 Å². The molecule has 0 aliphatic rings. The Morgan fingerprint density at radius 1 is 1.03 bits per heavy atom. The van der Waals surface area contributed by atoms with Crippen molar-refractivity contribution in [1.29, 1.82) is 0 Å². The van der Waals surface area contributed by atoms with Crippen LogP contribution < -0.4 is 10.9 Å². The SMILES string of the molecule is CCC(Sc1nnc2c(=O)n(-c3ccc(F)cc3)ccn12)C(=O)Nc1ccc(F)cc1. The molecule has 0 aliphatic carbocycles. The van der Waals surface area contributed by atoms with Gasteiger partial charge in [0.1, 0.15) is 11.6 Å². The topological polar surface area (TPSA) is 81.3 Å². The summed E-state index contributed by atoms with van der Waals surface area (Å²) in [6.45, 7) is 1.85. The molecule has 0 bridgehead atoms. The largest absolute Gasteiger partial charge is 0.325 e. The third-order valence-corrected chi connectivity index (χ3v) is 5.89. The first kappa shape index (κ1) is 20.7. The maximum absolute atomic E-state index is 13.2. The molecule has 1 atom stereocenters. The first-order valence-electron chi connectivity index (χ1n) is 9.41. The summed E-state index contributed by atoms with van der Waals surface area (Å²) in [7, 11) is 0. The Morgan fingerprint density at radius 3 is 2.32 bits per heavy atom. The standard InChI is InChI=1S/C21H17F2N5O2S/c1-2-17(19(29)24-15-7-3-13(22)4-8-15)31-21-26-25-18-20(30)27(11-12-28(18)21)16-9-5-14(23)6-10-16/h3-12,17H,2H2,1H3,(H,24,29). The van der Waals surface area contributed by atoms with Crippen molar-refractivity contribution in [3.05, 3.63) is 82.9 Å². The summed E-state index contributed by atoms with van der Waals surface area (Å²) in [5, 5.41) is 10.7. The highest BCUT2D eigenvalue weighted by molar-refractivity contribution is 8.00. The fourth-order valence-corrected chi connectivity index (χ4v) is 3.89. The van der Waals surface area contributed by atoms with Crippen molar-refractivity contribution in [1.82, 2.24) is 19.2 Å². The molecule has 31 heavy (non-hydrogen) atoms. The smallest absolute Gasteiger partial charge is 0.300 e. The lowest BCUT2D eigenvalue weighted by atomic mass is 10.2. The van der Waals surface area contributed by atoms with Crippen molar-refractivity contribution < 1.29 is 13.6 Å². The van der Waals surface area contributed by atoms with E-state index in [1.165, 1.54) is 75.5 Å². The van der Waals surface area contributed by atoms with Gasteiger partial charge in [0, 0.05) is 23.8 Å². The van der Waals surface area contributed by atoms with Crippen LogP contribution in [0.4, 0.5) is 14.5 Å². The molecule has 4 aromatic rings. The monoisotopic (exact) mass is 441 g/mol. The van der Waals surface area contributed by atoms with Crippen LogP contribution in [0.3, 0.4) is 0 Å². The van der Waals surface area contributed by atoms with Crippen LogP contribution in [0, 0.1) is 11.6 Å². The van der Waals surface area contributed by atoms with Gasteiger partial charge >= 0.3 is 5.56 Å². The molecule has 0 fully saturated rings. The average Bonchev–Trinajstić information content (AvgIpc) is 3.18. The zero-order valence-electron chi connectivity index (χ0n) is 16.3. The molecule has 0 radical (unpaired) electrons.